The maximum absolute atomic E-state index is 12.0. The number of Topliss-reactive ketones (excluding diaryl/α,β-unsaturated/α-hetero) is 1. The standard InChI is InChI=1S/C13H14ClN3O/c1-16-13(8-5-6-11(14)17-7-8)12-9(15)3-2-4-10(12)18/h5-7H,2-4,15H2,1H3. The van der Waals surface area contributed by atoms with E-state index in [1.54, 1.807) is 25.4 Å². The normalized spacial score (nSPS) is 17.2. The molecule has 0 radical (unpaired) electrons. The van der Waals surface area contributed by atoms with Gasteiger partial charge in [-0.25, -0.2) is 4.98 Å². The van der Waals surface area contributed by atoms with Crippen LogP contribution in [-0.4, -0.2) is 23.5 Å². The van der Waals surface area contributed by atoms with Crippen LogP contribution < -0.4 is 5.73 Å². The Morgan fingerprint density at radius 1 is 1.44 bits per heavy atom. The lowest BCUT2D eigenvalue weighted by atomic mass is 9.89. The third-order valence-corrected chi connectivity index (χ3v) is 3.13. The summed E-state index contributed by atoms with van der Waals surface area (Å²) in [6.07, 6.45) is 3.67. The van der Waals surface area contributed by atoms with Gasteiger partial charge >= 0.3 is 0 Å². The molecule has 0 fully saturated rings. The zero-order chi connectivity index (χ0) is 13.1. The molecule has 0 bridgehead atoms. The number of nitrogens with zero attached hydrogens (tertiary/aromatic N) is 2. The lowest BCUT2D eigenvalue weighted by Crippen LogP contribution is -2.23. The van der Waals surface area contributed by atoms with Gasteiger partial charge in [-0.05, 0) is 25.0 Å². The molecule has 0 atom stereocenters. The van der Waals surface area contributed by atoms with Crippen LogP contribution in [0, 0.1) is 0 Å². The maximum atomic E-state index is 12.0. The number of carbonyl (C=O) groups is 1. The molecule has 0 aromatic carbocycles. The predicted octanol–water partition coefficient (Wildman–Crippen LogP) is 2.12. The van der Waals surface area contributed by atoms with Crippen LogP contribution in [0.5, 0.6) is 0 Å². The summed E-state index contributed by atoms with van der Waals surface area (Å²) >= 11 is 5.75. The van der Waals surface area contributed by atoms with Gasteiger partial charge in [0.15, 0.2) is 5.78 Å². The van der Waals surface area contributed by atoms with E-state index in [1.165, 1.54) is 0 Å². The summed E-state index contributed by atoms with van der Waals surface area (Å²) in [7, 11) is 1.64. The topological polar surface area (TPSA) is 68.3 Å². The van der Waals surface area contributed by atoms with Crippen LogP contribution >= 0.6 is 11.6 Å². The predicted molar refractivity (Wildman–Crippen MR) is 71.8 cm³/mol. The number of hydrogen-bond acceptors (Lipinski definition) is 4. The van der Waals surface area contributed by atoms with E-state index in [-0.39, 0.29) is 5.78 Å². The van der Waals surface area contributed by atoms with Crippen LogP contribution in [0.1, 0.15) is 24.8 Å². The monoisotopic (exact) mass is 263 g/mol. The van der Waals surface area contributed by atoms with Crippen molar-refractivity contribution in [1.82, 2.24) is 4.98 Å². The molecule has 1 aliphatic carbocycles. The number of halogens is 1. The van der Waals surface area contributed by atoms with Crippen molar-refractivity contribution in [3.63, 3.8) is 0 Å². The van der Waals surface area contributed by atoms with Gasteiger partial charge in [-0.1, -0.05) is 11.6 Å². The maximum Gasteiger partial charge on any atom is 0.166 e. The number of carbonyl (C=O) groups excluding carboxylic acids is 1. The second kappa shape index (κ2) is 5.31. The molecule has 4 nitrogen and oxygen atoms in total. The second-order valence-corrected chi connectivity index (χ2v) is 4.51. The molecule has 0 aliphatic heterocycles. The van der Waals surface area contributed by atoms with E-state index >= 15 is 0 Å². The first-order chi connectivity index (χ1) is 8.63. The highest BCUT2D eigenvalue weighted by atomic mass is 35.5. The summed E-state index contributed by atoms with van der Waals surface area (Å²) < 4.78 is 0. The zero-order valence-corrected chi connectivity index (χ0v) is 10.9. The van der Waals surface area contributed by atoms with Crippen molar-refractivity contribution in [2.45, 2.75) is 19.3 Å². The van der Waals surface area contributed by atoms with E-state index in [2.05, 4.69) is 9.98 Å². The minimum absolute atomic E-state index is 0.0503. The first kappa shape index (κ1) is 12.8. The molecule has 5 heteroatoms. The molecule has 1 heterocycles. The SMILES string of the molecule is CN=C(C1=C(N)CCCC1=O)c1ccc(Cl)nc1. The molecule has 2 N–H and O–H groups in total. The molecule has 0 spiro atoms. The molecular formula is C13H14ClN3O. The van der Waals surface area contributed by atoms with Crippen molar-refractivity contribution in [2.24, 2.45) is 10.7 Å². The molecule has 2 rings (SSSR count). The molecular weight excluding hydrogens is 250 g/mol. The van der Waals surface area contributed by atoms with Gasteiger partial charge in [0.2, 0.25) is 0 Å². The first-order valence-electron chi connectivity index (χ1n) is 5.74. The zero-order valence-electron chi connectivity index (χ0n) is 10.1. The first-order valence-corrected chi connectivity index (χ1v) is 6.12. The number of rotatable bonds is 2. The average Bonchev–Trinajstić information content (AvgIpc) is 2.35. The highest BCUT2D eigenvalue weighted by Gasteiger charge is 2.24. The molecule has 0 unspecified atom stereocenters. The molecule has 1 aliphatic rings. The Bertz CT molecular complexity index is 532. The van der Waals surface area contributed by atoms with Gasteiger partial charge in [-0.15, -0.1) is 0 Å². The Morgan fingerprint density at radius 3 is 2.78 bits per heavy atom. The number of pyridine rings is 1. The average molecular weight is 264 g/mol. The van der Waals surface area contributed by atoms with Gasteiger partial charge in [0.25, 0.3) is 0 Å². The summed E-state index contributed by atoms with van der Waals surface area (Å²) in [5, 5.41) is 0.408. The van der Waals surface area contributed by atoms with Crippen molar-refractivity contribution < 1.29 is 4.79 Å². The molecule has 94 valence electrons. The fourth-order valence-corrected chi connectivity index (χ4v) is 2.17. The van der Waals surface area contributed by atoms with Crippen LogP contribution in [0.3, 0.4) is 0 Å². The van der Waals surface area contributed by atoms with Gasteiger partial charge < -0.3 is 5.73 Å². The van der Waals surface area contributed by atoms with Crippen LogP contribution in [-0.2, 0) is 4.79 Å². The smallest absolute Gasteiger partial charge is 0.166 e. The van der Waals surface area contributed by atoms with E-state index in [9.17, 15) is 4.79 Å². The van der Waals surface area contributed by atoms with E-state index in [1.807, 2.05) is 0 Å². The highest BCUT2D eigenvalue weighted by Crippen LogP contribution is 2.22. The summed E-state index contributed by atoms with van der Waals surface area (Å²) in [5.41, 5.74) is 8.45. The summed E-state index contributed by atoms with van der Waals surface area (Å²) in [6, 6.07) is 3.46. The Hall–Kier alpha value is -1.68. The van der Waals surface area contributed by atoms with Gasteiger partial charge in [-0.3, -0.25) is 9.79 Å². The summed E-state index contributed by atoms with van der Waals surface area (Å²) in [6.45, 7) is 0. The van der Waals surface area contributed by atoms with E-state index in [0.717, 1.165) is 18.4 Å². The third kappa shape index (κ3) is 2.43. The Kier molecular flexibility index (Phi) is 3.77. The van der Waals surface area contributed by atoms with Crippen LogP contribution in [0.4, 0.5) is 0 Å². The number of hydrogen-bond donors (Lipinski definition) is 1. The largest absolute Gasteiger partial charge is 0.401 e. The van der Waals surface area contributed by atoms with Crippen molar-refractivity contribution in [3.05, 3.63) is 40.3 Å². The van der Waals surface area contributed by atoms with Crippen LogP contribution in [0.15, 0.2) is 34.6 Å². The number of nitrogens with two attached hydrogens (primary N) is 1. The Balaban J connectivity index is 2.46. The quantitative estimate of drug-likeness (QED) is 0.656. The van der Waals surface area contributed by atoms with Crippen molar-refractivity contribution >= 4 is 23.1 Å². The molecule has 18 heavy (non-hydrogen) atoms. The molecule has 1 aromatic rings. The van der Waals surface area contributed by atoms with Crippen molar-refractivity contribution in [2.75, 3.05) is 7.05 Å². The highest BCUT2D eigenvalue weighted by molar-refractivity contribution is 6.30. The number of aliphatic imine (C=N–C) groups is 1. The van der Waals surface area contributed by atoms with Crippen LogP contribution in [0.25, 0.3) is 0 Å². The molecule has 0 saturated carbocycles. The van der Waals surface area contributed by atoms with Gasteiger partial charge in [0, 0.05) is 30.9 Å². The second-order valence-electron chi connectivity index (χ2n) is 4.12. The van der Waals surface area contributed by atoms with Crippen molar-refractivity contribution in [3.8, 4) is 0 Å². The minimum Gasteiger partial charge on any atom is -0.401 e. The fourth-order valence-electron chi connectivity index (χ4n) is 2.05. The fraction of sp³-hybridized carbons (Fsp3) is 0.308. The number of allylic oxidation sites excluding steroid dienone is 2. The lowest BCUT2D eigenvalue weighted by molar-refractivity contribution is -0.115. The lowest BCUT2D eigenvalue weighted by Gasteiger charge is -2.17. The van der Waals surface area contributed by atoms with E-state index in [0.29, 0.717) is 28.6 Å². The number of aromatic nitrogens is 1. The van der Waals surface area contributed by atoms with Gasteiger partial charge in [-0.2, -0.15) is 0 Å². The van der Waals surface area contributed by atoms with Crippen molar-refractivity contribution in [1.29, 1.82) is 0 Å². The van der Waals surface area contributed by atoms with E-state index in [4.69, 9.17) is 17.3 Å². The molecule has 0 amide bonds. The molecule has 0 saturated heterocycles. The third-order valence-electron chi connectivity index (χ3n) is 2.91. The van der Waals surface area contributed by atoms with Gasteiger partial charge in [0.1, 0.15) is 5.15 Å². The van der Waals surface area contributed by atoms with Crippen LogP contribution in [0.2, 0.25) is 5.15 Å². The summed E-state index contributed by atoms with van der Waals surface area (Å²) in [5.74, 6) is 0.0503. The minimum atomic E-state index is 0.0503. The summed E-state index contributed by atoms with van der Waals surface area (Å²) in [4.78, 5) is 20.2. The van der Waals surface area contributed by atoms with Gasteiger partial charge in [0.05, 0.1) is 11.3 Å². The number of ketones is 1. The Labute approximate surface area is 111 Å². The Morgan fingerprint density at radius 2 is 2.22 bits per heavy atom. The molecule has 1 aromatic heterocycles. The van der Waals surface area contributed by atoms with E-state index < -0.39 is 0 Å².